The van der Waals surface area contributed by atoms with Gasteiger partial charge in [0.05, 0.1) is 12.0 Å². The molecule has 0 radical (unpaired) electrons. The van der Waals surface area contributed by atoms with Crippen LogP contribution >= 0.6 is 11.6 Å². The number of fused-ring (bicyclic) bond motifs is 1. The standard InChI is InChI=1S/C16H17ClN4O3/c17-12-1-2-14-13(9-12)21(16(23)10-24-14)6-3-15(22)19-5-8-20-7-4-18-11-20/h1-2,4,7,9,11H,3,5-6,8,10H2,(H,19,22). The molecule has 0 atom stereocenters. The topological polar surface area (TPSA) is 76.5 Å². The molecule has 0 fully saturated rings. The van der Waals surface area contributed by atoms with Crippen LogP contribution < -0.4 is 15.0 Å². The van der Waals surface area contributed by atoms with E-state index in [4.69, 9.17) is 16.3 Å². The van der Waals surface area contributed by atoms with E-state index in [1.807, 2.05) is 10.8 Å². The van der Waals surface area contributed by atoms with E-state index in [9.17, 15) is 9.59 Å². The first-order valence-electron chi connectivity index (χ1n) is 7.58. The van der Waals surface area contributed by atoms with Crippen LogP contribution in [0, 0.1) is 0 Å². The molecule has 1 aromatic heterocycles. The summed E-state index contributed by atoms with van der Waals surface area (Å²) in [5.74, 6) is 0.300. The number of benzene rings is 1. The average Bonchev–Trinajstić information content (AvgIpc) is 3.07. The Morgan fingerprint density at radius 2 is 2.25 bits per heavy atom. The highest BCUT2D eigenvalue weighted by Crippen LogP contribution is 2.34. The van der Waals surface area contributed by atoms with E-state index in [2.05, 4.69) is 10.3 Å². The number of anilines is 1. The fourth-order valence-corrected chi connectivity index (χ4v) is 2.63. The summed E-state index contributed by atoms with van der Waals surface area (Å²) in [7, 11) is 0. The van der Waals surface area contributed by atoms with E-state index in [1.54, 1.807) is 35.6 Å². The lowest BCUT2D eigenvalue weighted by molar-refractivity contribution is -0.122. The molecule has 7 nitrogen and oxygen atoms in total. The minimum atomic E-state index is -0.184. The summed E-state index contributed by atoms with van der Waals surface area (Å²) >= 11 is 5.99. The zero-order valence-electron chi connectivity index (χ0n) is 12.9. The molecule has 2 aromatic rings. The van der Waals surface area contributed by atoms with Crippen LogP contribution in [0.4, 0.5) is 5.69 Å². The molecule has 2 amide bonds. The first-order valence-corrected chi connectivity index (χ1v) is 7.96. The normalized spacial score (nSPS) is 13.4. The number of halogens is 1. The average molecular weight is 349 g/mol. The minimum absolute atomic E-state index is 0.0309. The van der Waals surface area contributed by atoms with Crippen LogP contribution in [0.15, 0.2) is 36.9 Å². The fourth-order valence-electron chi connectivity index (χ4n) is 2.47. The molecule has 1 aliphatic rings. The van der Waals surface area contributed by atoms with Crippen molar-refractivity contribution in [1.29, 1.82) is 0 Å². The van der Waals surface area contributed by atoms with Gasteiger partial charge < -0.3 is 19.5 Å². The van der Waals surface area contributed by atoms with Crippen LogP contribution in [-0.2, 0) is 16.1 Å². The zero-order chi connectivity index (χ0) is 16.9. The molecule has 0 saturated carbocycles. The molecular formula is C16H17ClN4O3. The SMILES string of the molecule is O=C(CCN1C(=O)COc2ccc(Cl)cc21)NCCn1ccnc1. The first kappa shape index (κ1) is 16.3. The highest BCUT2D eigenvalue weighted by Gasteiger charge is 2.26. The van der Waals surface area contributed by atoms with E-state index in [-0.39, 0.29) is 31.4 Å². The predicted molar refractivity (Wildman–Crippen MR) is 89.2 cm³/mol. The summed E-state index contributed by atoms with van der Waals surface area (Å²) in [6, 6.07) is 5.10. The largest absolute Gasteiger partial charge is 0.482 e. The second-order valence-electron chi connectivity index (χ2n) is 5.35. The zero-order valence-corrected chi connectivity index (χ0v) is 13.7. The summed E-state index contributed by atoms with van der Waals surface area (Å²) in [5.41, 5.74) is 0.602. The van der Waals surface area contributed by atoms with Crippen LogP contribution in [0.5, 0.6) is 5.75 Å². The van der Waals surface area contributed by atoms with Gasteiger partial charge in [-0.25, -0.2) is 4.98 Å². The number of rotatable bonds is 6. The Hall–Kier alpha value is -2.54. The van der Waals surface area contributed by atoms with Crippen molar-refractivity contribution < 1.29 is 14.3 Å². The molecule has 1 aliphatic heterocycles. The highest BCUT2D eigenvalue weighted by atomic mass is 35.5. The van der Waals surface area contributed by atoms with Crippen LogP contribution in [-0.4, -0.2) is 41.1 Å². The second kappa shape index (κ2) is 7.35. The van der Waals surface area contributed by atoms with Gasteiger partial charge in [-0.05, 0) is 18.2 Å². The molecule has 0 spiro atoms. The van der Waals surface area contributed by atoms with Crippen LogP contribution in [0.1, 0.15) is 6.42 Å². The van der Waals surface area contributed by atoms with Crippen molar-refractivity contribution in [3.05, 3.63) is 41.9 Å². The van der Waals surface area contributed by atoms with Gasteiger partial charge in [-0.3, -0.25) is 9.59 Å². The third-order valence-corrected chi connectivity index (χ3v) is 3.91. The van der Waals surface area contributed by atoms with Crippen molar-refractivity contribution >= 4 is 29.1 Å². The highest BCUT2D eigenvalue weighted by molar-refractivity contribution is 6.31. The third kappa shape index (κ3) is 3.86. The van der Waals surface area contributed by atoms with Crippen molar-refractivity contribution in [3.8, 4) is 5.75 Å². The van der Waals surface area contributed by atoms with Crippen molar-refractivity contribution in [2.75, 3.05) is 24.6 Å². The van der Waals surface area contributed by atoms with Crippen molar-refractivity contribution in [2.45, 2.75) is 13.0 Å². The number of hydrogen-bond donors (Lipinski definition) is 1. The number of hydrogen-bond acceptors (Lipinski definition) is 4. The third-order valence-electron chi connectivity index (χ3n) is 3.68. The summed E-state index contributed by atoms with van der Waals surface area (Å²) in [6.07, 6.45) is 5.43. The van der Waals surface area contributed by atoms with Crippen molar-refractivity contribution in [2.24, 2.45) is 0 Å². The van der Waals surface area contributed by atoms with Gasteiger partial charge in [0.25, 0.3) is 5.91 Å². The lowest BCUT2D eigenvalue weighted by Gasteiger charge is -2.29. The maximum atomic E-state index is 12.1. The Morgan fingerprint density at radius 1 is 1.38 bits per heavy atom. The number of carbonyl (C=O) groups excluding carboxylic acids is 2. The molecule has 2 heterocycles. The summed E-state index contributed by atoms with van der Waals surface area (Å²) in [4.78, 5) is 29.5. The molecule has 0 bridgehead atoms. The van der Waals surface area contributed by atoms with Gasteiger partial charge in [-0.2, -0.15) is 0 Å². The lowest BCUT2D eigenvalue weighted by atomic mass is 10.2. The number of ether oxygens (including phenoxy) is 1. The van der Waals surface area contributed by atoms with E-state index in [1.165, 1.54) is 0 Å². The smallest absolute Gasteiger partial charge is 0.265 e. The quantitative estimate of drug-likeness (QED) is 0.857. The fraction of sp³-hybridized carbons (Fsp3) is 0.312. The summed E-state index contributed by atoms with van der Waals surface area (Å²) < 4.78 is 7.25. The van der Waals surface area contributed by atoms with Gasteiger partial charge in [-0.1, -0.05) is 11.6 Å². The van der Waals surface area contributed by atoms with Gasteiger partial charge in [0.15, 0.2) is 6.61 Å². The van der Waals surface area contributed by atoms with Crippen molar-refractivity contribution in [3.63, 3.8) is 0 Å². The minimum Gasteiger partial charge on any atom is -0.482 e. The Bertz CT molecular complexity index is 733. The molecule has 0 aliphatic carbocycles. The molecule has 0 unspecified atom stereocenters. The predicted octanol–water partition coefficient (Wildman–Crippen LogP) is 1.47. The molecule has 24 heavy (non-hydrogen) atoms. The maximum absolute atomic E-state index is 12.1. The van der Waals surface area contributed by atoms with E-state index < -0.39 is 0 Å². The Labute approximate surface area is 144 Å². The monoisotopic (exact) mass is 348 g/mol. The number of nitrogens with one attached hydrogen (secondary N) is 1. The number of carbonyl (C=O) groups is 2. The molecule has 8 heteroatoms. The molecular weight excluding hydrogens is 332 g/mol. The van der Waals surface area contributed by atoms with Crippen molar-refractivity contribution in [1.82, 2.24) is 14.9 Å². The molecule has 126 valence electrons. The van der Waals surface area contributed by atoms with Gasteiger partial charge in [0.2, 0.25) is 5.91 Å². The number of amides is 2. The summed E-state index contributed by atoms with van der Waals surface area (Å²) in [5, 5.41) is 3.34. The summed E-state index contributed by atoms with van der Waals surface area (Å²) in [6.45, 7) is 1.42. The Balaban J connectivity index is 1.53. The van der Waals surface area contributed by atoms with Crippen LogP contribution in [0.2, 0.25) is 5.02 Å². The van der Waals surface area contributed by atoms with E-state index in [0.29, 0.717) is 29.5 Å². The first-order chi connectivity index (χ1) is 11.6. The number of nitrogens with zero attached hydrogens (tertiary/aromatic N) is 3. The van der Waals surface area contributed by atoms with Gasteiger partial charge in [-0.15, -0.1) is 0 Å². The van der Waals surface area contributed by atoms with Gasteiger partial charge >= 0.3 is 0 Å². The van der Waals surface area contributed by atoms with Crippen LogP contribution in [0.25, 0.3) is 0 Å². The van der Waals surface area contributed by atoms with E-state index in [0.717, 1.165) is 0 Å². The number of imidazole rings is 1. The number of aromatic nitrogens is 2. The van der Waals surface area contributed by atoms with Gasteiger partial charge in [0.1, 0.15) is 5.75 Å². The Morgan fingerprint density at radius 3 is 3.04 bits per heavy atom. The second-order valence-corrected chi connectivity index (χ2v) is 5.78. The van der Waals surface area contributed by atoms with Crippen LogP contribution in [0.3, 0.4) is 0 Å². The molecule has 1 aromatic carbocycles. The molecule has 3 rings (SSSR count). The molecule has 1 N–H and O–H groups in total. The van der Waals surface area contributed by atoms with E-state index >= 15 is 0 Å². The molecule has 0 saturated heterocycles. The maximum Gasteiger partial charge on any atom is 0.265 e. The Kier molecular flexibility index (Phi) is 5.00. The lowest BCUT2D eigenvalue weighted by Crippen LogP contribution is -2.41. The van der Waals surface area contributed by atoms with Gasteiger partial charge in [0, 0.05) is 43.5 Å².